The minimum Gasteiger partial charge on any atom is -0.396 e. The Labute approximate surface area is 117 Å². The van der Waals surface area contributed by atoms with Gasteiger partial charge in [0.15, 0.2) is 0 Å². The van der Waals surface area contributed by atoms with E-state index in [1.807, 2.05) is 0 Å². The van der Waals surface area contributed by atoms with E-state index in [1.165, 1.54) is 12.1 Å². The van der Waals surface area contributed by atoms with Gasteiger partial charge in [-0.3, -0.25) is 0 Å². The minimum absolute atomic E-state index is 0.0325. The van der Waals surface area contributed by atoms with Crippen LogP contribution in [0.25, 0.3) is 0 Å². The standard InChI is InChI=1S/C12H15BrF3NO2/c1-11(6-18,7-19)5-17-10-3-2-8(13)4-9(10)12(14,15)16/h2-4,17-19H,5-7H2,1H3. The van der Waals surface area contributed by atoms with Crippen molar-refractivity contribution in [3.05, 3.63) is 28.2 Å². The van der Waals surface area contributed by atoms with E-state index in [0.717, 1.165) is 6.07 Å². The van der Waals surface area contributed by atoms with Crippen LogP contribution in [-0.2, 0) is 6.18 Å². The highest BCUT2D eigenvalue weighted by molar-refractivity contribution is 9.10. The zero-order chi connectivity index (χ0) is 14.7. The van der Waals surface area contributed by atoms with E-state index >= 15 is 0 Å². The lowest BCUT2D eigenvalue weighted by Gasteiger charge is -2.26. The summed E-state index contributed by atoms with van der Waals surface area (Å²) >= 11 is 3.00. The molecule has 0 unspecified atom stereocenters. The predicted octanol–water partition coefficient (Wildman–Crippen LogP) is 2.87. The molecule has 1 aromatic rings. The Morgan fingerprint density at radius 2 is 1.79 bits per heavy atom. The Balaban J connectivity index is 2.96. The van der Waals surface area contributed by atoms with Crippen molar-refractivity contribution in [1.82, 2.24) is 0 Å². The third-order valence-electron chi connectivity index (χ3n) is 2.76. The van der Waals surface area contributed by atoms with Gasteiger partial charge in [-0.2, -0.15) is 13.2 Å². The number of halogens is 4. The van der Waals surface area contributed by atoms with E-state index in [9.17, 15) is 13.2 Å². The molecular weight excluding hydrogens is 327 g/mol. The van der Waals surface area contributed by atoms with Crippen molar-refractivity contribution in [2.75, 3.05) is 25.1 Å². The zero-order valence-electron chi connectivity index (χ0n) is 10.3. The Morgan fingerprint density at radius 1 is 1.21 bits per heavy atom. The quantitative estimate of drug-likeness (QED) is 0.771. The Kier molecular flexibility index (Phi) is 5.23. The highest BCUT2D eigenvalue weighted by Gasteiger charge is 2.34. The molecule has 0 saturated carbocycles. The first-order chi connectivity index (χ1) is 8.72. The van der Waals surface area contributed by atoms with Crippen LogP contribution in [0.5, 0.6) is 0 Å². The number of hydrogen-bond acceptors (Lipinski definition) is 3. The van der Waals surface area contributed by atoms with E-state index < -0.39 is 17.2 Å². The smallest absolute Gasteiger partial charge is 0.396 e. The van der Waals surface area contributed by atoms with Gasteiger partial charge < -0.3 is 15.5 Å². The highest BCUT2D eigenvalue weighted by atomic mass is 79.9. The summed E-state index contributed by atoms with van der Waals surface area (Å²) in [7, 11) is 0. The summed E-state index contributed by atoms with van der Waals surface area (Å²) in [4.78, 5) is 0. The van der Waals surface area contributed by atoms with E-state index in [2.05, 4.69) is 21.2 Å². The van der Waals surface area contributed by atoms with E-state index in [4.69, 9.17) is 10.2 Å². The molecule has 0 aliphatic carbocycles. The fourth-order valence-corrected chi connectivity index (χ4v) is 1.74. The van der Waals surface area contributed by atoms with Gasteiger partial charge in [0.2, 0.25) is 0 Å². The topological polar surface area (TPSA) is 52.5 Å². The lowest BCUT2D eigenvalue weighted by atomic mass is 9.93. The van der Waals surface area contributed by atoms with Crippen molar-refractivity contribution in [2.45, 2.75) is 13.1 Å². The van der Waals surface area contributed by atoms with Crippen LogP contribution in [0, 0.1) is 5.41 Å². The molecule has 0 spiro atoms. The van der Waals surface area contributed by atoms with Crippen LogP contribution in [-0.4, -0.2) is 30.0 Å². The molecule has 19 heavy (non-hydrogen) atoms. The molecule has 7 heteroatoms. The van der Waals surface area contributed by atoms with Gasteiger partial charge in [-0.05, 0) is 18.2 Å². The SMILES string of the molecule is CC(CO)(CO)CNc1ccc(Br)cc1C(F)(F)F. The third kappa shape index (κ3) is 4.36. The molecule has 0 radical (unpaired) electrons. The molecule has 0 aromatic heterocycles. The van der Waals surface area contributed by atoms with Crippen LogP contribution < -0.4 is 5.32 Å². The van der Waals surface area contributed by atoms with Gasteiger partial charge in [0.1, 0.15) is 0 Å². The summed E-state index contributed by atoms with van der Waals surface area (Å²) in [6.45, 7) is 0.958. The van der Waals surface area contributed by atoms with E-state index in [1.54, 1.807) is 6.92 Å². The predicted molar refractivity (Wildman–Crippen MR) is 69.9 cm³/mol. The third-order valence-corrected chi connectivity index (χ3v) is 3.25. The monoisotopic (exact) mass is 341 g/mol. The largest absolute Gasteiger partial charge is 0.418 e. The second-order valence-corrected chi connectivity index (χ2v) is 5.58. The lowest BCUT2D eigenvalue weighted by Crippen LogP contribution is -2.34. The number of anilines is 1. The Morgan fingerprint density at radius 3 is 2.26 bits per heavy atom. The number of rotatable bonds is 5. The van der Waals surface area contributed by atoms with Crippen LogP contribution in [0.4, 0.5) is 18.9 Å². The Bertz CT molecular complexity index is 433. The molecule has 1 aromatic carbocycles. The van der Waals surface area contributed by atoms with Crippen LogP contribution in [0.15, 0.2) is 22.7 Å². The number of benzene rings is 1. The van der Waals surface area contributed by atoms with Crippen molar-refractivity contribution in [1.29, 1.82) is 0 Å². The number of aliphatic hydroxyl groups is 2. The van der Waals surface area contributed by atoms with Gasteiger partial charge in [0, 0.05) is 22.1 Å². The first-order valence-electron chi connectivity index (χ1n) is 5.54. The van der Waals surface area contributed by atoms with E-state index in [-0.39, 0.29) is 25.4 Å². The summed E-state index contributed by atoms with van der Waals surface area (Å²) in [5, 5.41) is 20.8. The molecule has 108 valence electrons. The van der Waals surface area contributed by atoms with Crippen molar-refractivity contribution in [2.24, 2.45) is 5.41 Å². The summed E-state index contributed by atoms with van der Waals surface area (Å²) in [5.41, 5.74) is -1.75. The van der Waals surface area contributed by atoms with Gasteiger partial charge in [-0.15, -0.1) is 0 Å². The van der Waals surface area contributed by atoms with Crippen LogP contribution >= 0.6 is 15.9 Å². The molecule has 0 saturated heterocycles. The maximum atomic E-state index is 12.9. The molecule has 0 aliphatic rings. The molecule has 0 aliphatic heterocycles. The van der Waals surface area contributed by atoms with Gasteiger partial charge >= 0.3 is 6.18 Å². The molecule has 3 N–H and O–H groups in total. The summed E-state index contributed by atoms with van der Waals surface area (Å²) in [5.74, 6) is 0. The maximum absolute atomic E-state index is 12.9. The molecule has 0 amide bonds. The zero-order valence-corrected chi connectivity index (χ0v) is 11.8. The fourth-order valence-electron chi connectivity index (χ4n) is 1.38. The van der Waals surface area contributed by atoms with Gasteiger partial charge in [0.25, 0.3) is 0 Å². The minimum atomic E-state index is -4.47. The van der Waals surface area contributed by atoms with Gasteiger partial charge in [0.05, 0.1) is 18.8 Å². The number of hydrogen-bond donors (Lipinski definition) is 3. The van der Waals surface area contributed by atoms with Crippen LogP contribution in [0.1, 0.15) is 12.5 Å². The first-order valence-corrected chi connectivity index (χ1v) is 6.33. The van der Waals surface area contributed by atoms with Crippen molar-refractivity contribution < 1.29 is 23.4 Å². The average molecular weight is 342 g/mol. The summed E-state index contributed by atoms with van der Waals surface area (Å²) < 4.78 is 38.9. The number of aliphatic hydroxyl groups excluding tert-OH is 2. The molecular formula is C12H15BrF3NO2. The maximum Gasteiger partial charge on any atom is 0.418 e. The van der Waals surface area contributed by atoms with Crippen molar-refractivity contribution in [3.63, 3.8) is 0 Å². The fraction of sp³-hybridized carbons (Fsp3) is 0.500. The van der Waals surface area contributed by atoms with Crippen molar-refractivity contribution >= 4 is 21.6 Å². The van der Waals surface area contributed by atoms with Gasteiger partial charge in [-0.25, -0.2) is 0 Å². The molecule has 3 nitrogen and oxygen atoms in total. The normalized spacial score (nSPS) is 12.6. The van der Waals surface area contributed by atoms with Crippen LogP contribution in [0.2, 0.25) is 0 Å². The summed E-state index contributed by atoms with van der Waals surface area (Å²) in [6.07, 6.45) is -4.47. The first kappa shape index (κ1) is 16.3. The molecule has 1 rings (SSSR count). The Hall–Kier alpha value is -0.790. The van der Waals surface area contributed by atoms with Crippen LogP contribution in [0.3, 0.4) is 0 Å². The highest BCUT2D eigenvalue weighted by Crippen LogP contribution is 2.36. The van der Waals surface area contributed by atoms with E-state index in [0.29, 0.717) is 4.47 Å². The number of nitrogens with one attached hydrogen (secondary N) is 1. The molecule has 0 atom stereocenters. The lowest BCUT2D eigenvalue weighted by molar-refractivity contribution is -0.137. The summed E-state index contributed by atoms with van der Waals surface area (Å²) in [6, 6.07) is 3.78. The molecule has 0 fully saturated rings. The molecule has 0 heterocycles. The second kappa shape index (κ2) is 6.11. The average Bonchev–Trinajstić information content (AvgIpc) is 2.36. The second-order valence-electron chi connectivity index (χ2n) is 4.67. The molecule has 0 bridgehead atoms. The number of alkyl halides is 3. The van der Waals surface area contributed by atoms with Gasteiger partial charge in [-0.1, -0.05) is 22.9 Å². The van der Waals surface area contributed by atoms with Crippen molar-refractivity contribution in [3.8, 4) is 0 Å².